The first kappa shape index (κ1) is 9.75. The molecule has 0 aliphatic rings. The van der Waals surface area contributed by atoms with E-state index in [-0.39, 0.29) is 5.54 Å². The van der Waals surface area contributed by atoms with Gasteiger partial charge < -0.3 is 4.42 Å². The van der Waals surface area contributed by atoms with Crippen LogP contribution in [0.4, 0.5) is 0 Å². The third-order valence-corrected chi connectivity index (χ3v) is 1.61. The van der Waals surface area contributed by atoms with E-state index in [0.29, 0.717) is 18.3 Å². The molecule has 0 amide bonds. The summed E-state index contributed by atoms with van der Waals surface area (Å²) in [5.74, 6) is 3.74. The maximum Gasteiger partial charge on any atom is 0.230 e. The SMILES string of the molecule is C#CC(C)(C)NCc1nnc(C)o1. The lowest BCUT2D eigenvalue weighted by atomic mass is 10.1. The lowest BCUT2D eigenvalue weighted by molar-refractivity contribution is 0.407. The highest BCUT2D eigenvalue weighted by molar-refractivity contribution is 5.07. The predicted molar refractivity (Wildman–Crippen MR) is 48.8 cm³/mol. The fraction of sp³-hybridized carbons (Fsp3) is 0.556. The van der Waals surface area contributed by atoms with Crippen LogP contribution in [0.2, 0.25) is 0 Å². The minimum atomic E-state index is -0.345. The first-order valence-electron chi connectivity index (χ1n) is 4.05. The minimum Gasteiger partial charge on any atom is -0.424 e. The van der Waals surface area contributed by atoms with Crippen molar-refractivity contribution in [3.05, 3.63) is 11.8 Å². The Bertz CT molecular complexity index is 322. The molecular weight excluding hydrogens is 166 g/mol. The van der Waals surface area contributed by atoms with Crippen LogP contribution < -0.4 is 5.32 Å². The van der Waals surface area contributed by atoms with Gasteiger partial charge >= 0.3 is 0 Å². The molecule has 1 heterocycles. The number of terminal acetylenes is 1. The molecule has 1 aromatic heterocycles. The van der Waals surface area contributed by atoms with Crippen molar-refractivity contribution >= 4 is 0 Å². The van der Waals surface area contributed by atoms with Gasteiger partial charge in [0.15, 0.2) is 0 Å². The summed E-state index contributed by atoms with van der Waals surface area (Å²) in [7, 11) is 0. The molecule has 0 fully saturated rings. The molecule has 1 aromatic rings. The molecule has 0 atom stereocenters. The molecule has 1 rings (SSSR count). The molecule has 0 radical (unpaired) electrons. The monoisotopic (exact) mass is 179 g/mol. The van der Waals surface area contributed by atoms with E-state index in [4.69, 9.17) is 10.8 Å². The van der Waals surface area contributed by atoms with Gasteiger partial charge in [-0.15, -0.1) is 16.6 Å². The summed E-state index contributed by atoms with van der Waals surface area (Å²) in [6.45, 7) is 6.08. The van der Waals surface area contributed by atoms with Crippen LogP contribution >= 0.6 is 0 Å². The van der Waals surface area contributed by atoms with Gasteiger partial charge in [-0.2, -0.15) is 0 Å². The number of aryl methyl sites for hydroxylation is 1. The fourth-order valence-corrected chi connectivity index (χ4v) is 0.757. The second-order valence-electron chi connectivity index (χ2n) is 3.34. The molecule has 0 saturated heterocycles. The number of nitrogens with zero attached hydrogens (tertiary/aromatic N) is 2. The maximum atomic E-state index is 5.30. The zero-order valence-corrected chi connectivity index (χ0v) is 8.09. The summed E-state index contributed by atoms with van der Waals surface area (Å²) in [5, 5.41) is 10.6. The highest BCUT2D eigenvalue weighted by Crippen LogP contribution is 2.02. The van der Waals surface area contributed by atoms with Gasteiger partial charge in [0.1, 0.15) is 0 Å². The summed E-state index contributed by atoms with van der Waals surface area (Å²) in [4.78, 5) is 0. The van der Waals surface area contributed by atoms with E-state index in [1.807, 2.05) is 13.8 Å². The zero-order chi connectivity index (χ0) is 9.90. The van der Waals surface area contributed by atoms with Gasteiger partial charge in [-0.1, -0.05) is 5.92 Å². The Morgan fingerprint density at radius 2 is 2.23 bits per heavy atom. The normalized spacial score (nSPS) is 11.2. The third kappa shape index (κ3) is 2.88. The molecule has 0 aliphatic heterocycles. The van der Waals surface area contributed by atoms with E-state index in [2.05, 4.69) is 21.4 Å². The molecule has 0 bridgehead atoms. The number of nitrogens with one attached hydrogen (secondary N) is 1. The van der Waals surface area contributed by atoms with Crippen molar-refractivity contribution in [1.82, 2.24) is 15.5 Å². The van der Waals surface area contributed by atoms with Crippen molar-refractivity contribution in [2.45, 2.75) is 32.9 Å². The Balaban J connectivity index is 2.49. The van der Waals surface area contributed by atoms with Crippen molar-refractivity contribution in [3.8, 4) is 12.3 Å². The third-order valence-electron chi connectivity index (χ3n) is 1.61. The Morgan fingerprint density at radius 1 is 1.54 bits per heavy atom. The molecule has 0 spiro atoms. The van der Waals surface area contributed by atoms with Gasteiger partial charge in [-0.3, -0.25) is 5.32 Å². The van der Waals surface area contributed by atoms with Crippen molar-refractivity contribution < 1.29 is 4.42 Å². The van der Waals surface area contributed by atoms with Gasteiger partial charge in [0.05, 0.1) is 12.1 Å². The summed E-state index contributed by atoms with van der Waals surface area (Å²) in [5.41, 5.74) is -0.345. The van der Waals surface area contributed by atoms with Crippen LogP contribution in [0.25, 0.3) is 0 Å². The Hall–Kier alpha value is -1.34. The molecule has 0 aliphatic carbocycles. The quantitative estimate of drug-likeness (QED) is 0.700. The Labute approximate surface area is 77.7 Å². The molecule has 70 valence electrons. The van der Waals surface area contributed by atoms with Gasteiger partial charge in [0.25, 0.3) is 0 Å². The van der Waals surface area contributed by atoms with Crippen LogP contribution in [0, 0.1) is 19.3 Å². The van der Waals surface area contributed by atoms with Gasteiger partial charge in [0.2, 0.25) is 11.8 Å². The van der Waals surface area contributed by atoms with Crippen LogP contribution in [-0.2, 0) is 6.54 Å². The van der Waals surface area contributed by atoms with E-state index in [0.717, 1.165) is 0 Å². The Morgan fingerprint density at radius 3 is 2.69 bits per heavy atom. The molecule has 4 heteroatoms. The van der Waals surface area contributed by atoms with Crippen LogP contribution in [0.3, 0.4) is 0 Å². The fourth-order valence-electron chi connectivity index (χ4n) is 0.757. The largest absolute Gasteiger partial charge is 0.424 e. The second kappa shape index (κ2) is 3.58. The van der Waals surface area contributed by atoms with Crippen LogP contribution in [0.15, 0.2) is 4.42 Å². The van der Waals surface area contributed by atoms with Crippen molar-refractivity contribution in [2.75, 3.05) is 0 Å². The maximum absolute atomic E-state index is 5.30. The number of hydrogen-bond donors (Lipinski definition) is 1. The molecule has 13 heavy (non-hydrogen) atoms. The van der Waals surface area contributed by atoms with E-state index < -0.39 is 0 Å². The van der Waals surface area contributed by atoms with Crippen molar-refractivity contribution in [1.29, 1.82) is 0 Å². The smallest absolute Gasteiger partial charge is 0.230 e. The molecule has 4 nitrogen and oxygen atoms in total. The van der Waals surface area contributed by atoms with Crippen LogP contribution in [0.5, 0.6) is 0 Å². The molecular formula is C9H13N3O. The van der Waals surface area contributed by atoms with E-state index in [1.165, 1.54) is 0 Å². The molecule has 1 N–H and O–H groups in total. The number of aromatic nitrogens is 2. The molecule has 0 aromatic carbocycles. The summed E-state index contributed by atoms with van der Waals surface area (Å²) >= 11 is 0. The molecule has 0 unspecified atom stereocenters. The predicted octanol–water partition coefficient (Wildman–Crippen LogP) is 0.879. The Kier molecular flexibility index (Phi) is 2.69. The summed E-state index contributed by atoms with van der Waals surface area (Å²) in [6.07, 6.45) is 5.30. The average molecular weight is 179 g/mol. The number of hydrogen-bond acceptors (Lipinski definition) is 4. The van der Waals surface area contributed by atoms with Gasteiger partial charge in [-0.25, -0.2) is 0 Å². The zero-order valence-electron chi connectivity index (χ0n) is 8.09. The number of rotatable bonds is 3. The van der Waals surface area contributed by atoms with E-state index >= 15 is 0 Å². The van der Waals surface area contributed by atoms with Crippen molar-refractivity contribution in [2.24, 2.45) is 0 Å². The topological polar surface area (TPSA) is 51.0 Å². The van der Waals surface area contributed by atoms with E-state index in [1.54, 1.807) is 6.92 Å². The highest BCUT2D eigenvalue weighted by atomic mass is 16.4. The lowest BCUT2D eigenvalue weighted by Gasteiger charge is -2.17. The van der Waals surface area contributed by atoms with Gasteiger partial charge in [0, 0.05) is 6.92 Å². The van der Waals surface area contributed by atoms with E-state index in [9.17, 15) is 0 Å². The summed E-state index contributed by atoms with van der Waals surface area (Å²) in [6, 6.07) is 0. The minimum absolute atomic E-state index is 0.345. The summed E-state index contributed by atoms with van der Waals surface area (Å²) < 4.78 is 5.17. The van der Waals surface area contributed by atoms with Gasteiger partial charge in [-0.05, 0) is 13.8 Å². The first-order valence-corrected chi connectivity index (χ1v) is 4.05. The lowest BCUT2D eigenvalue weighted by Crippen LogP contribution is -2.37. The molecule has 0 saturated carbocycles. The average Bonchev–Trinajstić information content (AvgIpc) is 2.48. The standard InChI is InChI=1S/C9H13N3O/c1-5-9(3,4)10-6-8-12-11-7(2)13-8/h1,10H,6H2,2-4H3. The highest BCUT2D eigenvalue weighted by Gasteiger charge is 2.13. The first-order chi connectivity index (χ1) is 6.03. The van der Waals surface area contributed by atoms with Crippen LogP contribution in [0.1, 0.15) is 25.6 Å². The second-order valence-corrected chi connectivity index (χ2v) is 3.34. The van der Waals surface area contributed by atoms with Crippen LogP contribution in [-0.4, -0.2) is 15.7 Å². The van der Waals surface area contributed by atoms with Crippen molar-refractivity contribution in [3.63, 3.8) is 0 Å².